The number of hydrogen-bond donors (Lipinski definition) is 2. The Kier molecular flexibility index (Phi) is 9.41. The molecule has 2 N–H and O–H groups in total. The third kappa shape index (κ3) is 6.80. The summed E-state index contributed by atoms with van der Waals surface area (Å²) < 4.78 is 11.4. The number of amides is 2. The molecule has 6 rings (SSSR count). The van der Waals surface area contributed by atoms with E-state index >= 15 is 0 Å². The number of thioether (sulfide) groups is 1. The van der Waals surface area contributed by atoms with E-state index in [0.717, 1.165) is 57.4 Å². The van der Waals surface area contributed by atoms with Gasteiger partial charge in [-0.25, -0.2) is 9.78 Å². The van der Waals surface area contributed by atoms with Gasteiger partial charge in [-0.3, -0.25) is 19.4 Å². The number of carbonyl (C=O) groups is 3. The Hall–Kier alpha value is -4.23. The maximum Gasteiger partial charge on any atom is 0.335 e. The number of rotatable bonds is 10. The molecule has 0 bridgehead atoms. The van der Waals surface area contributed by atoms with Gasteiger partial charge in [0.05, 0.1) is 36.0 Å². The van der Waals surface area contributed by atoms with Crippen molar-refractivity contribution in [2.75, 3.05) is 39.5 Å². The van der Waals surface area contributed by atoms with Crippen molar-refractivity contribution in [3.63, 3.8) is 0 Å². The van der Waals surface area contributed by atoms with Gasteiger partial charge in [0.25, 0.3) is 11.1 Å². The number of nitrogens with zero attached hydrogens (tertiary/aromatic N) is 3. The number of carboxylic acids is 1. The number of imide groups is 1. The highest BCUT2D eigenvalue weighted by Gasteiger charge is 2.34. The van der Waals surface area contributed by atoms with Crippen molar-refractivity contribution in [2.45, 2.75) is 26.8 Å². The van der Waals surface area contributed by atoms with E-state index in [-0.39, 0.29) is 35.6 Å². The molecule has 0 aliphatic carbocycles. The van der Waals surface area contributed by atoms with Gasteiger partial charge in [0.15, 0.2) is 0 Å². The van der Waals surface area contributed by atoms with Crippen LogP contribution in [0.25, 0.3) is 28.2 Å². The van der Waals surface area contributed by atoms with Crippen LogP contribution >= 0.6 is 23.1 Å². The summed E-state index contributed by atoms with van der Waals surface area (Å²) in [5.41, 5.74) is 4.90. The minimum Gasteiger partial charge on any atom is -0.505 e. The first-order valence-corrected chi connectivity index (χ1v) is 16.6. The summed E-state index contributed by atoms with van der Waals surface area (Å²) >= 11 is 2.36. The number of aromatic nitrogens is 1. The second kappa shape index (κ2) is 13.6. The summed E-state index contributed by atoms with van der Waals surface area (Å²) in [6.07, 6.45) is 2.15. The molecule has 2 aromatic carbocycles. The SMILES string of the molecule is Cc1cc(C)c2ccc(-c3csc(/C=C4\SC(=O)N(CCCOc5ccc(C(=O)O)cc5CN5CCOCC5)C4=O)c3)nc2c1O. The Morgan fingerprint density at radius 3 is 2.67 bits per heavy atom. The van der Waals surface area contributed by atoms with E-state index < -0.39 is 5.97 Å². The van der Waals surface area contributed by atoms with Crippen LogP contribution in [-0.2, 0) is 16.1 Å². The molecule has 0 saturated carbocycles. The molecule has 0 unspecified atom stereocenters. The van der Waals surface area contributed by atoms with Crippen molar-refractivity contribution in [3.8, 4) is 22.8 Å². The molecular weight excluding hydrogens is 627 g/mol. The van der Waals surface area contributed by atoms with Crippen molar-refractivity contribution in [3.05, 3.63) is 79.9 Å². The predicted molar refractivity (Wildman–Crippen MR) is 178 cm³/mol. The highest BCUT2D eigenvalue weighted by atomic mass is 32.2. The van der Waals surface area contributed by atoms with Crippen LogP contribution in [0.1, 0.15) is 38.3 Å². The fraction of sp³-hybridized carbons (Fsp3) is 0.294. The van der Waals surface area contributed by atoms with Crippen molar-refractivity contribution in [2.24, 2.45) is 0 Å². The van der Waals surface area contributed by atoms with E-state index in [2.05, 4.69) is 4.90 Å². The van der Waals surface area contributed by atoms with Crippen LogP contribution in [0.5, 0.6) is 11.5 Å². The molecular formula is C34H33N3O7S2. The third-order valence-electron chi connectivity index (χ3n) is 8.00. The van der Waals surface area contributed by atoms with Crippen LogP contribution in [0.3, 0.4) is 0 Å². The molecule has 4 aromatic rings. The van der Waals surface area contributed by atoms with E-state index in [0.29, 0.717) is 48.0 Å². The Morgan fingerprint density at radius 2 is 1.89 bits per heavy atom. The number of hydrogen-bond acceptors (Lipinski definition) is 10. The normalized spacial score (nSPS) is 16.6. The highest BCUT2D eigenvalue weighted by Crippen LogP contribution is 2.36. The largest absolute Gasteiger partial charge is 0.505 e. The Morgan fingerprint density at radius 1 is 1.09 bits per heavy atom. The van der Waals surface area contributed by atoms with Crippen molar-refractivity contribution >= 4 is 57.2 Å². The molecule has 2 aromatic heterocycles. The molecule has 238 valence electrons. The molecule has 10 nitrogen and oxygen atoms in total. The maximum absolute atomic E-state index is 13.2. The van der Waals surface area contributed by atoms with Crippen LogP contribution in [0.15, 0.2) is 52.7 Å². The number of pyridine rings is 1. The lowest BCUT2D eigenvalue weighted by Crippen LogP contribution is -2.35. The number of phenolic OH excluding ortho intramolecular Hbond substituents is 1. The second-order valence-electron chi connectivity index (χ2n) is 11.2. The molecule has 2 amide bonds. The lowest BCUT2D eigenvalue weighted by Gasteiger charge is -2.27. The van der Waals surface area contributed by atoms with Crippen LogP contribution in [0, 0.1) is 13.8 Å². The molecule has 0 spiro atoms. The minimum absolute atomic E-state index is 0.168. The number of aryl methyl sites for hydroxylation is 2. The number of ether oxygens (including phenoxy) is 2. The average molecular weight is 660 g/mol. The quantitative estimate of drug-likeness (QED) is 0.147. The number of aromatic hydroxyl groups is 1. The number of thiophene rings is 1. The maximum atomic E-state index is 13.2. The first kappa shape index (κ1) is 31.7. The van der Waals surface area contributed by atoms with E-state index in [9.17, 15) is 24.6 Å². The first-order valence-electron chi connectivity index (χ1n) is 14.9. The Bertz CT molecular complexity index is 1860. The second-order valence-corrected chi connectivity index (χ2v) is 13.2. The zero-order valence-electron chi connectivity index (χ0n) is 25.4. The summed E-state index contributed by atoms with van der Waals surface area (Å²) in [6.45, 7) is 7.59. The Labute approximate surface area is 274 Å². The summed E-state index contributed by atoms with van der Waals surface area (Å²) in [7, 11) is 0. The summed E-state index contributed by atoms with van der Waals surface area (Å²) in [6, 6.07) is 12.5. The van der Waals surface area contributed by atoms with Crippen molar-refractivity contribution < 1.29 is 34.1 Å². The van der Waals surface area contributed by atoms with Gasteiger partial charge in [0, 0.05) is 52.9 Å². The van der Waals surface area contributed by atoms with Gasteiger partial charge in [-0.15, -0.1) is 11.3 Å². The summed E-state index contributed by atoms with van der Waals surface area (Å²) in [5, 5.41) is 22.6. The molecule has 46 heavy (non-hydrogen) atoms. The fourth-order valence-electron chi connectivity index (χ4n) is 5.54. The molecule has 4 heterocycles. The molecule has 2 aliphatic rings. The van der Waals surface area contributed by atoms with E-state index in [1.165, 1.54) is 22.3 Å². The van der Waals surface area contributed by atoms with Gasteiger partial charge in [-0.1, -0.05) is 12.1 Å². The number of morpholine rings is 1. The fourth-order valence-corrected chi connectivity index (χ4v) is 7.31. The predicted octanol–water partition coefficient (Wildman–Crippen LogP) is 6.32. The lowest BCUT2D eigenvalue weighted by molar-refractivity contribution is -0.122. The zero-order valence-corrected chi connectivity index (χ0v) is 27.1. The van der Waals surface area contributed by atoms with Gasteiger partial charge >= 0.3 is 5.97 Å². The Balaban J connectivity index is 1.08. The van der Waals surface area contributed by atoms with Crippen molar-refractivity contribution in [1.29, 1.82) is 0 Å². The average Bonchev–Trinajstić information content (AvgIpc) is 3.62. The zero-order chi connectivity index (χ0) is 32.4. The molecule has 2 fully saturated rings. The number of benzene rings is 2. The summed E-state index contributed by atoms with van der Waals surface area (Å²) in [4.78, 5) is 46.8. The molecule has 2 aliphatic heterocycles. The van der Waals surface area contributed by atoms with E-state index in [1.807, 2.05) is 43.5 Å². The van der Waals surface area contributed by atoms with Gasteiger partial charge < -0.3 is 19.7 Å². The van der Waals surface area contributed by atoms with Crippen LogP contribution in [0.2, 0.25) is 0 Å². The van der Waals surface area contributed by atoms with E-state index in [1.54, 1.807) is 18.2 Å². The third-order valence-corrected chi connectivity index (χ3v) is 9.79. The van der Waals surface area contributed by atoms with Crippen LogP contribution in [0.4, 0.5) is 4.79 Å². The van der Waals surface area contributed by atoms with Gasteiger partial charge in [0.1, 0.15) is 17.0 Å². The van der Waals surface area contributed by atoms with E-state index in [4.69, 9.17) is 14.5 Å². The van der Waals surface area contributed by atoms with Crippen LogP contribution < -0.4 is 4.74 Å². The monoisotopic (exact) mass is 659 g/mol. The lowest BCUT2D eigenvalue weighted by atomic mass is 10.0. The standard InChI is InChI=1S/C34H33N3O7S2/c1-20-14-21(2)31(38)30-26(20)5-6-27(35-30)24-16-25(45-19-24)17-29-32(39)37(34(42)46-29)8-3-11-44-28-7-4-22(33(40)41)15-23(28)18-36-9-12-43-13-10-36/h4-7,14-17,19,38H,3,8-13,18H2,1-2H3,(H,40,41)/b29-17-. The number of carbonyl (C=O) groups excluding carboxylic acids is 2. The number of carboxylic acid groups (broad SMARTS) is 1. The minimum atomic E-state index is -1.00. The number of fused-ring (bicyclic) bond motifs is 1. The molecule has 0 atom stereocenters. The topological polar surface area (TPSA) is 130 Å². The number of aromatic carboxylic acids is 1. The first-order chi connectivity index (χ1) is 22.2. The van der Waals surface area contributed by atoms with Gasteiger partial charge in [0.2, 0.25) is 0 Å². The number of phenols is 1. The van der Waals surface area contributed by atoms with Crippen molar-refractivity contribution in [1.82, 2.24) is 14.8 Å². The summed E-state index contributed by atoms with van der Waals surface area (Å²) in [5.74, 6) is -0.595. The molecule has 12 heteroatoms. The van der Waals surface area contributed by atoms with Crippen LogP contribution in [-0.4, -0.2) is 81.6 Å². The smallest absolute Gasteiger partial charge is 0.335 e. The molecule has 0 radical (unpaired) electrons. The van der Waals surface area contributed by atoms with Gasteiger partial charge in [-0.2, -0.15) is 0 Å². The molecule has 2 saturated heterocycles. The highest BCUT2D eigenvalue weighted by molar-refractivity contribution is 8.18. The van der Waals surface area contributed by atoms with Gasteiger partial charge in [-0.05, 0) is 79.6 Å².